The average Bonchev–Trinajstić information content (AvgIpc) is 2.28. The molecule has 0 amide bonds. The summed E-state index contributed by atoms with van der Waals surface area (Å²) in [6.45, 7) is 0. The summed E-state index contributed by atoms with van der Waals surface area (Å²) in [5, 5.41) is 0.302. The van der Waals surface area contributed by atoms with Crippen molar-refractivity contribution in [2.75, 3.05) is 7.11 Å². The minimum atomic E-state index is -2.59. The maximum Gasteiger partial charge on any atom is 0.311 e. The topological polar surface area (TPSA) is 39.2 Å². The number of esters is 1. The lowest BCUT2D eigenvalue weighted by Gasteiger charge is -2.10. The Labute approximate surface area is 119 Å². The summed E-state index contributed by atoms with van der Waals surface area (Å²) in [5.74, 6) is -0.500. The van der Waals surface area contributed by atoms with E-state index in [1.165, 1.54) is 13.2 Å². The first-order valence-corrected chi connectivity index (χ1v) is 6.78. The Bertz CT molecular complexity index is 429. The van der Waals surface area contributed by atoms with Gasteiger partial charge in [0.1, 0.15) is 3.70 Å². The third-order valence-corrected chi connectivity index (χ3v) is 3.54. The van der Waals surface area contributed by atoms with Crippen LogP contribution in [0.1, 0.15) is 23.2 Å². The fourth-order valence-corrected chi connectivity index (χ4v) is 3.17. The van der Waals surface area contributed by atoms with E-state index < -0.39 is 12.4 Å². The molecule has 0 aromatic carbocycles. The van der Waals surface area contributed by atoms with Crippen LogP contribution in [-0.4, -0.2) is 18.1 Å². The number of aromatic nitrogens is 1. The molecular formula is C10H9BrF2INO2. The molecule has 0 N–H and O–H groups in total. The molecule has 0 atom stereocenters. The Kier molecular flexibility index (Phi) is 5.71. The van der Waals surface area contributed by atoms with Crippen LogP contribution in [0.25, 0.3) is 0 Å². The molecule has 0 radical (unpaired) electrons. The fraction of sp³-hybridized carbons (Fsp3) is 0.400. The number of carbonyl (C=O) groups is 1. The number of pyridine rings is 1. The molecule has 0 spiro atoms. The molecule has 94 valence electrons. The van der Waals surface area contributed by atoms with Crippen molar-refractivity contribution >= 4 is 44.5 Å². The minimum absolute atomic E-state index is 0.0971. The van der Waals surface area contributed by atoms with Gasteiger partial charge in [-0.05, 0) is 28.7 Å². The summed E-state index contributed by atoms with van der Waals surface area (Å²) in [7, 11) is 1.24. The zero-order valence-corrected chi connectivity index (χ0v) is 12.6. The van der Waals surface area contributed by atoms with Crippen LogP contribution in [0.15, 0.2) is 6.07 Å². The van der Waals surface area contributed by atoms with E-state index in [4.69, 9.17) is 0 Å². The van der Waals surface area contributed by atoms with Gasteiger partial charge >= 0.3 is 5.97 Å². The molecule has 3 nitrogen and oxygen atoms in total. The van der Waals surface area contributed by atoms with Gasteiger partial charge in [0, 0.05) is 16.5 Å². The maximum absolute atomic E-state index is 12.8. The molecule has 0 aliphatic rings. The molecule has 0 saturated carbocycles. The van der Waals surface area contributed by atoms with Gasteiger partial charge in [-0.25, -0.2) is 13.8 Å². The Morgan fingerprint density at radius 1 is 1.65 bits per heavy atom. The highest BCUT2D eigenvalue weighted by atomic mass is 127. The van der Waals surface area contributed by atoms with E-state index in [1.807, 2.05) is 22.6 Å². The summed E-state index contributed by atoms with van der Waals surface area (Å²) in [6.07, 6.45) is -2.69. The monoisotopic (exact) mass is 419 g/mol. The highest BCUT2D eigenvalue weighted by Crippen LogP contribution is 2.28. The van der Waals surface area contributed by atoms with E-state index in [-0.39, 0.29) is 12.0 Å². The van der Waals surface area contributed by atoms with E-state index in [1.54, 1.807) is 0 Å². The highest BCUT2D eigenvalue weighted by Gasteiger charge is 2.18. The van der Waals surface area contributed by atoms with Crippen LogP contribution < -0.4 is 0 Å². The van der Waals surface area contributed by atoms with Crippen LogP contribution in [0.5, 0.6) is 0 Å². The number of rotatable bonds is 4. The van der Waals surface area contributed by atoms with Crippen LogP contribution in [0.3, 0.4) is 0 Å². The van der Waals surface area contributed by atoms with Crippen LogP contribution >= 0.6 is 38.5 Å². The van der Waals surface area contributed by atoms with Gasteiger partial charge in [-0.1, -0.05) is 15.9 Å². The Morgan fingerprint density at radius 3 is 2.76 bits per heavy atom. The molecule has 0 aliphatic heterocycles. The van der Waals surface area contributed by atoms with Crippen molar-refractivity contribution in [1.29, 1.82) is 0 Å². The number of halogens is 4. The number of methoxy groups -OCH3 is 1. The predicted octanol–water partition coefficient (Wildman–Crippen LogP) is 3.23. The molecule has 0 unspecified atom stereocenters. The van der Waals surface area contributed by atoms with Crippen molar-refractivity contribution in [2.24, 2.45) is 0 Å². The van der Waals surface area contributed by atoms with Crippen molar-refractivity contribution in [2.45, 2.75) is 18.2 Å². The molecule has 0 bridgehead atoms. The lowest BCUT2D eigenvalue weighted by molar-refractivity contribution is -0.139. The van der Waals surface area contributed by atoms with Crippen LogP contribution in [0, 0.1) is 3.70 Å². The fourth-order valence-electron chi connectivity index (χ4n) is 1.25. The molecule has 7 heteroatoms. The number of hydrogen-bond acceptors (Lipinski definition) is 3. The number of alkyl halides is 3. The van der Waals surface area contributed by atoms with E-state index in [0.717, 1.165) is 0 Å². The molecule has 0 aliphatic carbocycles. The molecule has 1 rings (SSSR count). The number of hydrogen-bond donors (Lipinski definition) is 0. The second-order valence-electron chi connectivity index (χ2n) is 3.16. The van der Waals surface area contributed by atoms with Crippen LogP contribution in [0.4, 0.5) is 8.78 Å². The van der Waals surface area contributed by atoms with Gasteiger partial charge in [-0.15, -0.1) is 0 Å². The van der Waals surface area contributed by atoms with Gasteiger partial charge in [-0.2, -0.15) is 0 Å². The van der Waals surface area contributed by atoms with E-state index in [9.17, 15) is 13.6 Å². The van der Waals surface area contributed by atoms with Crippen molar-refractivity contribution in [3.05, 3.63) is 26.6 Å². The van der Waals surface area contributed by atoms with Gasteiger partial charge in [0.05, 0.1) is 19.2 Å². The molecular weight excluding hydrogens is 411 g/mol. The van der Waals surface area contributed by atoms with Gasteiger partial charge in [-0.3, -0.25) is 4.79 Å². The maximum atomic E-state index is 12.8. The molecule has 17 heavy (non-hydrogen) atoms. The van der Waals surface area contributed by atoms with Crippen molar-refractivity contribution < 1.29 is 18.3 Å². The van der Waals surface area contributed by atoms with Gasteiger partial charge in [0.2, 0.25) is 0 Å². The van der Waals surface area contributed by atoms with E-state index in [2.05, 4.69) is 25.7 Å². The Morgan fingerprint density at radius 2 is 2.29 bits per heavy atom. The smallest absolute Gasteiger partial charge is 0.311 e. The zero-order valence-electron chi connectivity index (χ0n) is 8.84. The third kappa shape index (κ3) is 3.84. The first kappa shape index (κ1) is 14.7. The van der Waals surface area contributed by atoms with Crippen molar-refractivity contribution in [1.82, 2.24) is 4.98 Å². The number of carbonyl (C=O) groups excluding carboxylic acids is 1. The summed E-state index contributed by atoms with van der Waals surface area (Å²) >= 11 is 5.02. The lowest BCUT2D eigenvalue weighted by Crippen LogP contribution is -2.09. The highest BCUT2D eigenvalue weighted by molar-refractivity contribution is 14.1. The van der Waals surface area contributed by atoms with Gasteiger partial charge in [0.15, 0.2) is 0 Å². The largest absolute Gasteiger partial charge is 0.469 e. The van der Waals surface area contributed by atoms with E-state index >= 15 is 0 Å². The SMILES string of the molecule is COC(=O)Cc1cc(C(F)F)c(CBr)c(I)n1. The van der Waals surface area contributed by atoms with E-state index in [0.29, 0.717) is 20.3 Å². The van der Waals surface area contributed by atoms with Gasteiger partial charge in [0.25, 0.3) is 6.43 Å². The number of nitrogens with zero attached hydrogens (tertiary/aromatic N) is 1. The normalized spacial score (nSPS) is 10.7. The molecule has 1 aromatic rings. The van der Waals surface area contributed by atoms with Gasteiger partial charge < -0.3 is 4.74 Å². The lowest BCUT2D eigenvalue weighted by atomic mass is 10.1. The summed E-state index contributed by atoms with van der Waals surface area (Å²) < 4.78 is 30.6. The Hall–Kier alpha value is -0.310. The zero-order chi connectivity index (χ0) is 13.0. The van der Waals surface area contributed by atoms with Crippen LogP contribution in [-0.2, 0) is 21.3 Å². The third-order valence-electron chi connectivity index (χ3n) is 2.08. The summed E-state index contributed by atoms with van der Waals surface area (Å²) in [5.41, 5.74) is 0.649. The second-order valence-corrected chi connectivity index (χ2v) is 4.74. The molecule has 0 saturated heterocycles. The molecule has 1 heterocycles. The quantitative estimate of drug-likeness (QED) is 0.325. The molecule has 1 aromatic heterocycles. The average molecular weight is 420 g/mol. The predicted molar refractivity (Wildman–Crippen MR) is 70.3 cm³/mol. The van der Waals surface area contributed by atoms with Crippen molar-refractivity contribution in [3.8, 4) is 0 Å². The first-order chi connectivity index (χ1) is 7.99. The standard InChI is InChI=1S/C10H9BrF2INO2/c1-17-8(16)3-5-2-6(9(12)13)7(4-11)10(14)15-5/h2,9H,3-4H2,1H3. The Balaban J connectivity index is 3.15. The van der Waals surface area contributed by atoms with Crippen LogP contribution in [0.2, 0.25) is 0 Å². The second kappa shape index (κ2) is 6.58. The first-order valence-electron chi connectivity index (χ1n) is 4.58. The number of ether oxygens (including phenoxy) is 1. The minimum Gasteiger partial charge on any atom is -0.469 e. The summed E-state index contributed by atoms with van der Waals surface area (Å²) in [6, 6.07) is 1.25. The molecule has 0 fully saturated rings. The summed E-state index contributed by atoms with van der Waals surface area (Å²) in [4.78, 5) is 15.2. The van der Waals surface area contributed by atoms with Crippen molar-refractivity contribution in [3.63, 3.8) is 0 Å².